The van der Waals surface area contributed by atoms with Gasteiger partial charge in [-0.25, -0.2) is 4.39 Å². The third-order valence-electron chi connectivity index (χ3n) is 5.55. The van der Waals surface area contributed by atoms with Gasteiger partial charge in [0.25, 0.3) is 0 Å². The van der Waals surface area contributed by atoms with E-state index in [4.69, 9.17) is 4.52 Å². The molecule has 0 radical (unpaired) electrons. The maximum Gasteiger partial charge on any atom is 0.416 e. The van der Waals surface area contributed by atoms with Crippen LogP contribution in [0.15, 0.2) is 53.1 Å². The van der Waals surface area contributed by atoms with Crippen LogP contribution >= 0.6 is 0 Å². The number of piperidine rings is 1. The molecule has 0 saturated carbocycles. The quantitative estimate of drug-likeness (QED) is 0.521. The molecule has 168 valence electrons. The minimum Gasteiger partial charge on any atom is -0.342 e. The number of nitrogens with zero attached hydrogens (tertiary/aromatic N) is 3. The third kappa shape index (κ3) is 5.15. The molecule has 1 fully saturated rings. The van der Waals surface area contributed by atoms with Gasteiger partial charge in [-0.2, -0.15) is 18.2 Å². The van der Waals surface area contributed by atoms with Crippen molar-refractivity contribution in [3.63, 3.8) is 0 Å². The van der Waals surface area contributed by atoms with Crippen LogP contribution in [0.1, 0.15) is 29.9 Å². The lowest BCUT2D eigenvalue weighted by atomic mass is 9.94. The third-order valence-corrected chi connectivity index (χ3v) is 5.55. The Morgan fingerprint density at radius 1 is 1.12 bits per heavy atom. The van der Waals surface area contributed by atoms with Gasteiger partial charge >= 0.3 is 6.18 Å². The first-order chi connectivity index (χ1) is 15.3. The number of carbonyl (C=O) groups is 1. The monoisotopic (exact) mass is 447 g/mol. The molecule has 1 atom stereocenters. The van der Waals surface area contributed by atoms with E-state index in [1.54, 1.807) is 23.1 Å². The lowest BCUT2D eigenvalue weighted by Crippen LogP contribution is -2.41. The summed E-state index contributed by atoms with van der Waals surface area (Å²) in [6.45, 7) is 1.09. The van der Waals surface area contributed by atoms with Gasteiger partial charge < -0.3 is 9.42 Å². The van der Waals surface area contributed by atoms with E-state index in [9.17, 15) is 22.4 Å². The van der Waals surface area contributed by atoms with E-state index >= 15 is 0 Å². The van der Waals surface area contributed by atoms with Gasteiger partial charge in [0.1, 0.15) is 5.82 Å². The number of carbonyl (C=O) groups excluding carboxylic acids is 1. The van der Waals surface area contributed by atoms with Crippen LogP contribution in [-0.2, 0) is 23.8 Å². The molecule has 1 amide bonds. The Morgan fingerprint density at radius 3 is 2.59 bits per heavy atom. The molecule has 0 bridgehead atoms. The van der Waals surface area contributed by atoms with Crippen LogP contribution in [-0.4, -0.2) is 34.0 Å². The van der Waals surface area contributed by atoms with E-state index in [-0.39, 0.29) is 29.6 Å². The van der Waals surface area contributed by atoms with Crippen molar-refractivity contribution in [2.75, 3.05) is 13.1 Å². The van der Waals surface area contributed by atoms with Crippen molar-refractivity contribution in [2.24, 2.45) is 5.92 Å². The molecule has 0 N–H and O–H groups in total. The fraction of sp³-hybridized carbons (Fsp3) is 0.348. The Labute approximate surface area is 182 Å². The first kappa shape index (κ1) is 22.0. The number of halogens is 4. The zero-order valence-corrected chi connectivity index (χ0v) is 17.1. The normalized spacial score (nSPS) is 16.9. The second-order valence-corrected chi connectivity index (χ2v) is 7.92. The van der Waals surface area contributed by atoms with Gasteiger partial charge in [-0.1, -0.05) is 29.4 Å². The molecule has 1 aliphatic rings. The van der Waals surface area contributed by atoms with Gasteiger partial charge in [0.2, 0.25) is 17.6 Å². The highest BCUT2D eigenvalue weighted by atomic mass is 19.4. The van der Waals surface area contributed by atoms with Gasteiger partial charge in [-0.3, -0.25) is 4.79 Å². The van der Waals surface area contributed by atoms with Gasteiger partial charge in [0.15, 0.2) is 0 Å². The number of benzene rings is 2. The van der Waals surface area contributed by atoms with Crippen molar-refractivity contribution in [1.82, 2.24) is 15.0 Å². The average Bonchev–Trinajstić information content (AvgIpc) is 3.22. The molecule has 32 heavy (non-hydrogen) atoms. The van der Waals surface area contributed by atoms with Crippen molar-refractivity contribution in [3.05, 3.63) is 71.4 Å². The van der Waals surface area contributed by atoms with E-state index in [0.29, 0.717) is 31.0 Å². The van der Waals surface area contributed by atoms with Crippen LogP contribution < -0.4 is 0 Å². The Balaban J connectivity index is 1.35. The average molecular weight is 447 g/mol. The number of likely N-dealkylation sites (tertiary alicyclic amines) is 1. The number of amides is 1. The number of hydrogen-bond donors (Lipinski definition) is 0. The van der Waals surface area contributed by atoms with E-state index in [1.807, 2.05) is 0 Å². The minimum absolute atomic E-state index is 0.0445. The van der Waals surface area contributed by atoms with Gasteiger partial charge in [0.05, 0.1) is 17.5 Å². The molecule has 0 aliphatic carbocycles. The molecule has 2 heterocycles. The first-order valence-electron chi connectivity index (χ1n) is 10.3. The van der Waals surface area contributed by atoms with Crippen molar-refractivity contribution in [2.45, 2.75) is 31.9 Å². The van der Waals surface area contributed by atoms with Gasteiger partial charge in [0, 0.05) is 19.5 Å². The van der Waals surface area contributed by atoms with Gasteiger partial charge in [-0.05, 0) is 48.6 Å². The Morgan fingerprint density at radius 2 is 1.88 bits per heavy atom. The summed E-state index contributed by atoms with van der Waals surface area (Å²) in [7, 11) is 0. The molecule has 5 nitrogen and oxygen atoms in total. The molecule has 0 spiro atoms. The summed E-state index contributed by atoms with van der Waals surface area (Å²) in [5.74, 6) is 0.105. The number of aromatic nitrogens is 2. The number of rotatable bonds is 5. The number of hydrogen-bond acceptors (Lipinski definition) is 4. The second-order valence-electron chi connectivity index (χ2n) is 7.92. The van der Waals surface area contributed by atoms with E-state index in [2.05, 4.69) is 10.1 Å². The smallest absolute Gasteiger partial charge is 0.342 e. The summed E-state index contributed by atoms with van der Waals surface area (Å²) in [6, 6.07) is 10.8. The molecule has 1 saturated heterocycles. The zero-order chi connectivity index (χ0) is 22.7. The van der Waals surface area contributed by atoms with Crippen LogP contribution in [0.25, 0.3) is 11.4 Å². The predicted molar refractivity (Wildman–Crippen MR) is 108 cm³/mol. The zero-order valence-electron chi connectivity index (χ0n) is 17.1. The molecular formula is C23H21F4N3O2. The summed E-state index contributed by atoms with van der Waals surface area (Å²) in [6.07, 6.45) is -2.21. The molecule has 1 aliphatic heterocycles. The van der Waals surface area contributed by atoms with Crippen LogP contribution in [0.3, 0.4) is 0 Å². The van der Waals surface area contributed by atoms with Crippen LogP contribution in [0.4, 0.5) is 17.6 Å². The first-order valence-corrected chi connectivity index (χ1v) is 10.3. The highest BCUT2D eigenvalue weighted by Gasteiger charge is 2.30. The topological polar surface area (TPSA) is 59.2 Å². The predicted octanol–water partition coefficient (Wildman–Crippen LogP) is 4.92. The number of alkyl halides is 3. The van der Waals surface area contributed by atoms with E-state index in [0.717, 1.165) is 25.0 Å². The standard InChI is InChI=1S/C23H21F4N3O2/c24-19-6-2-1-5-18(19)22-28-20(32-29-22)12-16-4-3-11-30(14-16)21(31)13-15-7-9-17(10-8-15)23(25,26)27/h1-2,5-10,16H,3-4,11-14H2/t16-/m0/s1. The van der Waals surface area contributed by atoms with Crippen LogP contribution in [0.2, 0.25) is 0 Å². The van der Waals surface area contributed by atoms with Crippen molar-refractivity contribution in [3.8, 4) is 11.4 Å². The summed E-state index contributed by atoms with van der Waals surface area (Å²) >= 11 is 0. The molecule has 3 aromatic rings. The fourth-order valence-corrected chi connectivity index (χ4v) is 3.89. The van der Waals surface area contributed by atoms with Crippen molar-refractivity contribution >= 4 is 5.91 Å². The summed E-state index contributed by atoms with van der Waals surface area (Å²) < 4.78 is 57.3. The Kier molecular flexibility index (Phi) is 6.25. The highest BCUT2D eigenvalue weighted by molar-refractivity contribution is 5.78. The van der Waals surface area contributed by atoms with E-state index < -0.39 is 17.6 Å². The second kappa shape index (κ2) is 9.10. The van der Waals surface area contributed by atoms with Crippen molar-refractivity contribution in [1.29, 1.82) is 0 Å². The van der Waals surface area contributed by atoms with Crippen LogP contribution in [0.5, 0.6) is 0 Å². The highest BCUT2D eigenvalue weighted by Crippen LogP contribution is 2.29. The van der Waals surface area contributed by atoms with Crippen LogP contribution in [0, 0.1) is 11.7 Å². The van der Waals surface area contributed by atoms with E-state index in [1.165, 1.54) is 18.2 Å². The Hall–Kier alpha value is -3.23. The maximum atomic E-state index is 13.9. The summed E-state index contributed by atoms with van der Waals surface area (Å²) in [5, 5.41) is 3.86. The SMILES string of the molecule is O=C(Cc1ccc(C(F)(F)F)cc1)N1CCC[C@@H](Cc2nc(-c3ccccc3F)no2)C1. The maximum absolute atomic E-state index is 13.9. The molecule has 1 aromatic heterocycles. The van der Waals surface area contributed by atoms with Crippen molar-refractivity contribution < 1.29 is 26.9 Å². The lowest BCUT2D eigenvalue weighted by Gasteiger charge is -2.32. The largest absolute Gasteiger partial charge is 0.416 e. The summed E-state index contributed by atoms with van der Waals surface area (Å²) in [5.41, 5.74) is 0.0668. The lowest BCUT2D eigenvalue weighted by molar-refractivity contribution is -0.137. The summed E-state index contributed by atoms with van der Waals surface area (Å²) in [4.78, 5) is 18.7. The molecule has 0 unspecified atom stereocenters. The minimum atomic E-state index is -4.40. The Bertz CT molecular complexity index is 1080. The molecular weight excluding hydrogens is 426 g/mol. The molecule has 9 heteroatoms. The fourth-order valence-electron chi connectivity index (χ4n) is 3.89. The molecule has 4 rings (SSSR count). The molecule has 2 aromatic carbocycles. The van der Waals surface area contributed by atoms with Gasteiger partial charge in [-0.15, -0.1) is 0 Å².